The van der Waals surface area contributed by atoms with E-state index >= 15 is 0 Å². The first kappa shape index (κ1) is 16.3. The van der Waals surface area contributed by atoms with Gasteiger partial charge in [0.25, 0.3) is 5.91 Å². The lowest BCUT2D eigenvalue weighted by Gasteiger charge is -2.26. The molecule has 1 amide bonds. The number of carbonyl (C=O) groups is 1. The molecule has 26 heavy (non-hydrogen) atoms. The Morgan fingerprint density at radius 2 is 1.96 bits per heavy atom. The lowest BCUT2D eigenvalue weighted by molar-refractivity contribution is 0.0727. The van der Waals surface area contributed by atoms with Crippen LogP contribution in [0.2, 0.25) is 0 Å². The van der Waals surface area contributed by atoms with E-state index in [1.54, 1.807) is 24.1 Å². The van der Waals surface area contributed by atoms with Crippen molar-refractivity contribution in [3.8, 4) is 17.1 Å². The van der Waals surface area contributed by atoms with Gasteiger partial charge < -0.3 is 14.6 Å². The topological polar surface area (TPSA) is 58.2 Å². The molecule has 0 saturated heterocycles. The number of carbonyl (C=O) groups excluding carboxylic acids is 1. The van der Waals surface area contributed by atoms with Gasteiger partial charge in [-0.3, -0.25) is 4.79 Å². The van der Waals surface area contributed by atoms with Crippen LogP contribution in [0.4, 0.5) is 4.39 Å². The Morgan fingerprint density at radius 1 is 1.19 bits per heavy atom. The van der Waals surface area contributed by atoms with Gasteiger partial charge in [0.1, 0.15) is 17.4 Å². The number of nitrogens with one attached hydrogen (secondary N) is 1. The molecule has 6 heteroatoms. The van der Waals surface area contributed by atoms with Crippen LogP contribution in [-0.2, 0) is 13.0 Å². The van der Waals surface area contributed by atoms with Gasteiger partial charge in [-0.25, -0.2) is 9.37 Å². The number of ether oxygens (including phenoxy) is 1. The van der Waals surface area contributed by atoms with Crippen molar-refractivity contribution in [2.75, 3.05) is 13.7 Å². The summed E-state index contributed by atoms with van der Waals surface area (Å²) in [7, 11) is 1.63. The minimum atomic E-state index is -0.494. The summed E-state index contributed by atoms with van der Waals surface area (Å²) < 4.78 is 19.1. The van der Waals surface area contributed by atoms with E-state index in [2.05, 4.69) is 9.97 Å². The van der Waals surface area contributed by atoms with E-state index in [4.69, 9.17) is 4.74 Å². The first-order chi connectivity index (χ1) is 12.7. The molecular formula is C20H18FN3O2. The SMILES string of the molecule is COc1ccc(-c2nc3c([nH]2)CN(C(=O)c2ccccc2F)CC3)cc1. The third kappa shape index (κ3) is 2.94. The Hall–Kier alpha value is -3.15. The van der Waals surface area contributed by atoms with Crippen molar-refractivity contribution in [2.24, 2.45) is 0 Å². The van der Waals surface area contributed by atoms with Crippen LogP contribution in [0.15, 0.2) is 48.5 Å². The number of hydrogen-bond acceptors (Lipinski definition) is 3. The summed E-state index contributed by atoms with van der Waals surface area (Å²) in [5, 5.41) is 0. The number of H-pyrrole nitrogens is 1. The first-order valence-corrected chi connectivity index (χ1v) is 8.41. The molecule has 0 spiro atoms. The van der Waals surface area contributed by atoms with Gasteiger partial charge in [0.15, 0.2) is 0 Å². The van der Waals surface area contributed by atoms with Gasteiger partial charge in [-0.05, 0) is 36.4 Å². The molecule has 1 N–H and O–H groups in total. The average Bonchev–Trinajstić information content (AvgIpc) is 3.11. The van der Waals surface area contributed by atoms with E-state index in [-0.39, 0.29) is 11.5 Å². The Labute approximate surface area is 150 Å². The molecule has 1 aliphatic rings. The van der Waals surface area contributed by atoms with E-state index in [0.717, 1.165) is 28.5 Å². The second kappa shape index (κ2) is 6.63. The van der Waals surface area contributed by atoms with E-state index in [1.807, 2.05) is 24.3 Å². The third-order valence-corrected chi connectivity index (χ3v) is 4.59. The molecule has 3 aromatic rings. The predicted molar refractivity (Wildman–Crippen MR) is 95.4 cm³/mol. The quantitative estimate of drug-likeness (QED) is 0.787. The van der Waals surface area contributed by atoms with Crippen LogP contribution in [-0.4, -0.2) is 34.4 Å². The van der Waals surface area contributed by atoms with E-state index in [0.29, 0.717) is 19.5 Å². The van der Waals surface area contributed by atoms with Gasteiger partial charge in [0, 0.05) is 18.5 Å². The number of rotatable bonds is 3. The highest BCUT2D eigenvalue weighted by atomic mass is 19.1. The van der Waals surface area contributed by atoms with Crippen molar-refractivity contribution in [3.63, 3.8) is 0 Å². The van der Waals surface area contributed by atoms with Crippen LogP contribution in [0.1, 0.15) is 21.7 Å². The molecule has 0 unspecified atom stereocenters. The summed E-state index contributed by atoms with van der Waals surface area (Å²) in [4.78, 5) is 22.2. The van der Waals surface area contributed by atoms with Crippen molar-refractivity contribution in [3.05, 3.63) is 71.3 Å². The number of hydrogen-bond donors (Lipinski definition) is 1. The van der Waals surface area contributed by atoms with Crippen molar-refractivity contribution in [2.45, 2.75) is 13.0 Å². The summed E-state index contributed by atoms with van der Waals surface area (Å²) in [5.74, 6) is 0.755. The molecule has 1 aromatic heterocycles. The summed E-state index contributed by atoms with van der Waals surface area (Å²) in [6.07, 6.45) is 0.641. The number of aromatic nitrogens is 2. The molecule has 0 saturated carbocycles. The van der Waals surface area contributed by atoms with E-state index in [1.165, 1.54) is 12.1 Å². The zero-order valence-corrected chi connectivity index (χ0v) is 14.3. The maximum Gasteiger partial charge on any atom is 0.257 e. The zero-order valence-electron chi connectivity index (χ0n) is 14.3. The predicted octanol–water partition coefficient (Wildman–Crippen LogP) is 3.42. The number of imidazole rings is 1. The second-order valence-electron chi connectivity index (χ2n) is 6.20. The fourth-order valence-corrected chi connectivity index (χ4v) is 3.16. The molecule has 2 aromatic carbocycles. The van der Waals surface area contributed by atoms with E-state index in [9.17, 15) is 9.18 Å². The number of methoxy groups -OCH3 is 1. The van der Waals surface area contributed by atoms with Crippen molar-refractivity contribution < 1.29 is 13.9 Å². The second-order valence-corrected chi connectivity index (χ2v) is 6.20. The molecule has 0 bridgehead atoms. The third-order valence-electron chi connectivity index (χ3n) is 4.59. The Balaban J connectivity index is 1.56. The maximum absolute atomic E-state index is 13.9. The van der Waals surface area contributed by atoms with Gasteiger partial charge in [-0.1, -0.05) is 12.1 Å². The van der Waals surface area contributed by atoms with Crippen LogP contribution in [0, 0.1) is 5.82 Å². The molecule has 1 aliphatic heterocycles. The molecular weight excluding hydrogens is 333 g/mol. The summed E-state index contributed by atoms with van der Waals surface area (Å²) >= 11 is 0. The lowest BCUT2D eigenvalue weighted by Crippen LogP contribution is -2.36. The zero-order chi connectivity index (χ0) is 18.1. The minimum Gasteiger partial charge on any atom is -0.497 e. The Kier molecular flexibility index (Phi) is 4.16. The molecule has 4 rings (SSSR count). The van der Waals surface area contributed by atoms with Crippen LogP contribution >= 0.6 is 0 Å². The van der Waals surface area contributed by atoms with Gasteiger partial charge in [0.05, 0.1) is 30.6 Å². The Bertz CT molecular complexity index is 950. The monoisotopic (exact) mass is 351 g/mol. The highest BCUT2D eigenvalue weighted by molar-refractivity contribution is 5.94. The van der Waals surface area contributed by atoms with Crippen LogP contribution < -0.4 is 4.74 Å². The number of benzene rings is 2. The maximum atomic E-state index is 13.9. The number of halogens is 1. The highest BCUT2D eigenvalue weighted by Crippen LogP contribution is 2.25. The smallest absolute Gasteiger partial charge is 0.257 e. The van der Waals surface area contributed by atoms with Crippen molar-refractivity contribution >= 4 is 5.91 Å². The molecule has 0 aliphatic carbocycles. The Morgan fingerprint density at radius 3 is 2.69 bits per heavy atom. The van der Waals surface area contributed by atoms with Gasteiger partial charge in [0.2, 0.25) is 0 Å². The molecule has 0 fully saturated rings. The van der Waals surface area contributed by atoms with Crippen LogP contribution in [0.3, 0.4) is 0 Å². The first-order valence-electron chi connectivity index (χ1n) is 8.41. The average molecular weight is 351 g/mol. The normalized spacial score (nSPS) is 13.4. The number of aromatic amines is 1. The van der Waals surface area contributed by atoms with Crippen molar-refractivity contribution in [1.29, 1.82) is 0 Å². The number of fused-ring (bicyclic) bond motifs is 1. The van der Waals surface area contributed by atoms with Gasteiger partial charge in [-0.2, -0.15) is 0 Å². The minimum absolute atomic E-state index is 0.103. The lowest BCUT2D eigenvalue weighted by atomic mass is 10.1. The van der Waals surface area contributed by atoms with Gasteiger partial charge in [-0.15, -0.1) is 0 Å². The summed E-state index contributed by atoms with van der Waals surface area (Å²) in [6.45, 7) is 0.915. The highest BCUT2D eigenvalue weighted by Gasteiger charge is 2.26. The van der Waals surface area contributed by atoms with Crippen molar-refractivity contribution in [1.82, 2.24) is 14.9 Å². The summed E-state index contributed by atoms with van der Waals surface area (Å²) in [5.41, 5.74) is 2.90. The number of amides is 1. The molecule has 5 nitrogen and oxygen atoms in total. The summed E-state index contributed by atoms with van der Waals surface area (Å²) in [6, 6.07) is 13.7. The fraction of sp³-hybridized carbons (Fsp3) is 0.200. The molecule has 0 radical (unpaired) electrons. The number of nitrogens with zero attached hydrogens (tertiary/aromatic N) is 2. The van der Waals surface area contributed by atoms with Crippen LogP contribution in [0.25, 0.3) is 11.4 Å². The molecule has 2 heterocycles. The fourth-order valence-electron chi connectivity index (χ4n) is 3.16. The van der Waals surface area contributed by atoms with Crippen LogP contribution in [0.5, 0.6) is 5.75 Å². The largest absolute Gasteiger partial charge is 0.497 e. The molecule has 0 atom stereocenters. The molecule has 132 valence electrons. The van der Waals surface area contributed by atoms with Gasteiger partial charge >= 0.3 is 0 Å². The van der Waals surface area contributed by atoms with E-state index < -0.39 is 5.82 Å². The standard InChI is InChI=1S/C20H18FN3O2/c1-26-14-8-6-13(7-9-14)19-22-17-10-11-24(12-18(17)23-19)20(25)15-4-2-3-5-16(15)21/h2-9H,10-12H2,1H3,(H,22,23).